The number of aryl methyl sites for hydroxylation is 1. The first-order chi connectivity index (χ1) is 8.12. The van der Waals surface area contributed by atoms with E-state index in [0.29, 0.717) is 12.8 Å². The topological polar surface area (TPSA) is 66.4 Å². The molecule has 0 spiro atoms. The fraction of sp³-hybridized carbons (Fsp3) is 0.385. The van der Waals surface area contributed by atoms with Crippen molar-refractivity contribution in [1.29, 1.82) is 0 Å². The van der Waals surface area contributed by atoms with Gasteiger partial charge in [-0.15, -0.1) is 0 Å². The molecule has 2 rings (SSSR count). The molecule has 1 fully saturated rings. The molecule has 0 bridgehead atoms. The largest absolute Gasteiger partial charge is 0.481 e. The van der Waals surface area contributed by atoms with Gasteiger partial charge in [-0.1, -0.05) is 30.3 Å². The summed E-state index contributed by atoms with van der Waals surface area (Å²) in [6, 6.07) is 9.73. The number of carbonyl (C=O) groups excluding carboxylic acids is 1. The normalized spacial score (nSPS) is 23.4. The number of carboxylic acid groups (broad SMARTS) is 1. The zero-order valence-electron chi connectivity index (χ0n) is 9.48. The minimum atomic E-state index is -0.924. The van der Waals surface area contributed by atoms with Gasteiger partial charge >= 0.3 is 5.97 Å². The van der Waals surface area contributed by atoms with Crippen LogP contribution in [0.4, 0.5) is 0 Å². The fourth-order valence-electron chi connectivity index (χ4n) is 2.16. The maximum absolute atomic E-state index is 11.3. The number of carbonyl (C=O) groups is 2. The molecule has 1 aromatic rings. The number of benzene rings is 1. The highest BCUT2D eigenvalue weighted by Gasteiger charge is 2.44. The van der Waals surface area contributed by atoms with Gasteiger partial charge in [-0.25, -0.2) is 0 Å². The molecule has 1 saturated heterocycles. The number of nitrogens with one attached hydrogen (secondary N) is 1. The van der Waals surface area contributed by atoms with Crippen LogP contribution in [0.2, 0.25) is 0 Å². The van der Waals surface area contributed by atoms with Gasteiger partial charge in [-0.05, 0) is 18.4 Å². The van der Waals surface area contributed by atoms with E-state index in [1.165, 1.54) is 0 Å². The SMILES string of the molecule is O=C1CC(CCc2ccccc2)(C(=O)O)CN1. The maximum Gasteiger partial charge on any atom is 0.311 e. The lowest BCUT2D eigenvalue weighted by Crippen LogP contribution is -2.33. The molecule has 0 radical (unpaired) electrons. The van der Waals surface area contributed by atoms with Crippen molar-refractivity contribution < 1.29 is 14.7 Å². The summed E-state index contributed by atoms with van der Waals surface area (Å²) >= 11 is 0. The second-order valence-corrected chi connectivity index (χ2v) is 4.52. The van der Waals surface area contributed by atoms with E-state index >= 15 is 0 Å². The fourth-order valence-corrected chi connectivity index (χ4v) is 2.16. The summed E-state index contributed by atoms with van der Waals surface area (Å²) in [5.41, 5.74) is 0.180. The Morgan fingerprint density at radius 1 is 1.35 bits per heavy atom. The highest BCUT2D eigenvalue weighted by Crippen LogP contribution is 2.32. The van der Waals surface area contributed by atoms with Crippen molar-refractivity contribution in [2.45, 2.75) is 19.3 Å². The molecule has 4 heteroatoms. The highest BCUT2D eigenvalue weighted by atomic mass is 16.4. The van der Waals surface area contributed by atoms with E-state index in [1.807, 2.05) is 30.3 Å². The summed E-state index contributed by atoms with van der Waals surface area (Å²) in [6.45, 7) is 0.244. The second kappa shape index (κ2) is 4.57. The van der Waals surface area contributed by atoms with Crippen LogP contribution >= 0.6 is 0 Å². The molecule has 1 amide bonds. The van der Waals surface area contributed by atoms with Crippen LogP contribution in [0, 0.1) is 5.41 Å². The molecule has 0 aliphatic carbocycles. The molecule has 4 nitrogen and oxygen atoms in total. The Labute approximate surface area is 99.6 Å². The number of rotatable bonds is 4. The van der Waals surface area contributed by atoms with Crippen LogP contribution < -0.4 is 5.32 Å². The predicted molar refractivity (Wildman–Crippen MR) is 62.5 cm³/mol. The molecule has 1 aliphatic heterocycles. The van der Waals surface area contributed by atoms with Crippen molar-refractivity contribution >= 4 is 11.9 Å². The van der Waals surface area contributed by atoms with Crippen LogP contribution in [0.15, 0.2) is 30.3 Å². The molecule has 17 heavy (non-hydrogen) atoms. The number of carboxylic acids is 1. The number of hydrogen-bond acceptors (Lipinski definition) is 2. The standard InChI is InChI=1S/C13H15NO3/c15-11-8-13(9-14-11,12(16)17)7-6-10-4-2-1-3-5-10/h1-5H,6-9H2,(H,14,15)(H,16,17). The van der Waals surface area contributed by atoms with E-state index in [4.69, 9.17) is 0 Å². The van der Waals surface area contributed by atoms with Gasteiger partial charge < -0.3 is 10.4 Å². The molecule has 90 valence electrons. The van der Waals surface area contributed by atoms with Gasteiger partial charge in [-0.2, -0.15) is 0 Å². The van der Waals surface area contributed by atoms with Crippen LogP contribution in [-0.2, 0) is 16.0 Å². The van der Waals surface area contributed by atoms with Crippen molar-refractivity contribution in [1.82, 2.24) is 5.32 Å². The summed E-state index contributed by atoms with van der Waals surface area (Å²) in [6.07, 6.45) is 1.27. The third-order valence-corrected chi connectivity index (χ3v) is 3.31. The smallest absolute Gasteiger partial charge is 0.311 e. The molecule has 1 atom stereocenters. The number of aliphatic carboxylic acids is 1. The molecular formula is C13H15NO3. The molecule has 2 N–H and O–H groups in total. The Kier molecular flexibility index (Phi) is 3.13. The minimum Gasteiger partial charge on any atom is -0.481 e. The van der Waals surface area contributed by atoms with E-state index in [0.717, 1.165) is 5.56 Å². The average Bonchev–Trinajstić information content (AvgIpc) is 2.71. The Morgan fingerprint density at radius 2 is 2.06 bits per heavy atom. The van der Waals surface area contributed by atoms with Crippen molar-refractivity contribution in [2.24, 2.45) is 5.41 Å². The van der Waals surface area contributed by atoms with E-state index in [-0.39, 0.29) is 18.9 Å². The Hall–Kier alpha value is -1.84. The molecular weight excluding hydrogens is 218 g/mol. The van der Waals surface area contributed by atoms with Gasteiger partial charge in [0.1, 0.15) is 0 Å². The third-order valence-electron chi connectivity index (χ3n) is 3.31. The Bertz CT molecular complexity index is 430. The maximum atomic E-state index is 11.3. The van der Waals surface area contributed by atoms with Crippen molar-refractivity contribution in [3.05, 3.63) is 35.9 Å². The van der Waals surface area contributed by atoms with Gasteiger partial charge in [0.25, 0.3) is 0 Å². The monoisotopic (exact) mass is 233 g/mol. The zero-order chi connectivity index (χ0) is 12.3. The van der Waals surface area contributed by atoms with Crippen molar-refractivity contribution in [3.63, 3.8) is 0 Å². The summed E-state index contributed by atoms with van der Waals surface area (Å²) < 4.78 is 0. The first-order valence-corrected chi connectivity index (χ1v) is 5.66. The molecule has 0 aromatic heterocycles. The van der Waals surface area contributed by atoms with Gasteiger partial charge in [0, 0.05) is 13.0 Å². The highest BCUT2D eigenvalue weighted by molar-refractivity contribution is 5.88. The number of amides is 1. The summed E-state index contributed by atoms with van der Waals surface area (Å²) in [5.74, 6) is -1.05. The Morgan fingerprint density at radius 3 is 2.59 bits per heavy atom. The molecule has 1 aliphatic rings. The van der Waals surface area contributed by atoms with Crippen LogP contribution in [-0.4, -0.2) is 23.5 Å². The lowest BCUT2D eigenvalue weighted by atomic mass is 9.81. The van der Waals surface area contributed by atoms with E-state index in [9.17, 15) is 14.7 Å². The van der Waals surface area contributed by atoms with Crippen molar-refractivity contribution in [2.75, 3.05) is 6.54 Å². The first-order valence-electron chi connectivity index (χ1n) is 5.66. The third kappa shape index (κ3) is 2.46. The predicted octanol–water partition coefficient (Wildman–Crippen LogP) is 1.21. The lowest BCUT2D eigenvalue weighted by molar-refractivity contribution is -0.149. The average molecular weight is 233 g/mol. The van der Waals surface area contributed by atoms with E-state index < -0.39 is 11.4 Å². The van der Waals surface area contributed by atoms with Crippen molar-refractivity contribution in [3.8, 4) is 0 Å². The zero-order valence-corrected chi connectivity index (χ0v) is 9.48. The van der Waals surface area contributed by atoms with Crippen LogP contribution in [0.25, 0.3) is 0 Å². The van der Waals surface area contributed by atoms with Gasteiger partial charge in [-0.3, -0.25) is 9.59 Å². The summed E-state index contributed by atoms with van der Waals surface area (Å²) in [5, 5.41) is 11.9. The summed E-state index contributed by atoms with van der Waals surface area (Å²) in [4.78, 5) is 22.5. The van der Waals surface area contributed by atoms with Crippen LogP contribution in [0.1, 0.15) is 18.4 Å². The minimum absolute atomic E-state index is 0.0924. The van der Waals surface area contributed by atoms with E-state index in [1.54, 1.807) is 0 Å². The first kappa shape index (κ1) is 11.6. The molecule has 1 aromatic carbocycles. The quantitative estimate of drug-likeness (QED) is 0.821. The van der Waals surface area contributed by atoms with E-state index in [2.05, 4.69) is 5.32 Å². The molecule has 1 heterocycles. The summed E-state index contributed by atoms with van der Waals surface area (Å²) in [7, 11) is 0. The van der Waals surface area contributed by atoms with Gasteiger partial charge in [0.15, 0.2) is 0 Å². The van der Waals surface area contributed by atoms with Gasteiger partial charge in [0.2, 0.25) is 5.91 Å². The second-order valence-electron chi connectivity index (χ2n) is 4.52. The Balaban J connectivity index is 2.05. The van der Waals surface area contributed by atoms with Gasteiger partial charge in [0.05, 0.1) is 5.41 Å². The molecule has 1 unspecified atom stereocenters. The molecule has 0 saturated carbocycles. The van der Waals surface area contributed by atoms with Crippen LogP contribution in [0.3, 0.4) is 0 Å². The van der Waals surface area contributed by atoms with Crippen LogP contribution in [0.5, 0.6) is 0 Å². The lowest BCUT2D eigenvalue weighted by Gasteiger charge is -2.21. The number of hydrogen-bond donors (Lipinski definition) is 2.